The van der Waals surface area contributed by atoms with Gasteiger partial charge < -0.3 is 9.52 Å². The van der Waals surface area contributed by atoms with Crippen molar-refractivity contribution in [3.8, 4) is 17.2 Å². The Kier molecular flexibility index (Phi) is 2.62. The van der Waals surface area contributed by atoms with Crippen LogP contribution in [0.1, 0.15) is 0 Å². The van der Waals surface area contributed by atoms with Gasteiger partial charge in [0.1, 0.15) is 11.3 Å². The van der Waals surface area contributed by atoms with E-state index in [2.05, 4.69) is 4.98 Å². The van der Waals surface area contributed by atoms with Crippen LogP contribution in [-0.4, -0.2) is 10.1 Å². The average molecular weight is 296 g/mol. The van der Waals surface area contributed by atoms with Crippen LogP contribution in [0.25, 0.3) is 33.3 Å². The highest BCUT2D eigenvalue weighted by Crippen LogP contribution is 2.29. The van der Waals surface area contributed by atoms with Crippen molar-refractivity contribution in [2.45, 2.75) is 0 Å². The number of fused-ring (bicyclic) bond motifs is 2. The Morgan fingerprint density at radius 2 is 1.71 bits per heavy atom. The zero-order chi connectivity index (χ0) is 14.4. The molecule has 0 aliphatic heterocycles. The Hall–Kier alpha value is -2.52. The molecule has 4 rings (SSSR count). The maximum Gasteiger partial charge on any atom is 0.227 e. The molecule has 0 aliphatic carbocycles. The molecule has 0 amide bonds. The van der Waals surface area contributed by atoms with Crippen LogP contribution < -0.4 is 0 Å². The number of benzene rings is 3. The molecule has 0 bridgehead atoms. The van der Waals surface area contributed by atoms with Gasteiger partial charge in [0, 0.05) is 10.6 Å². The molecule has 0 radical (unpaired) electrons. The second-order valence-corrected chi connectivity index (χ2v) is 5.31. The van der Waals surface area contributed by atoms with Gasteiger partial charge in [0.15, 0.2) is 5.58 Å². The minimum Gasteiger partial charge on any atom is -0.508 e. The first kappa shape index (κ1) is 12.2. The summed E-state index contributed by atoms with van der Waals surface area (Å²) in [4.78, 5) is 4.47. The highest BCUT2D eigenvalue weighted by atomic mass is 35.5. The van der Waals surface area contributed by atoms with Crippen LogP contribution in [-0.2, 0) is 0 Å². The van der Waals surface area contributed by atoms with E-state index in [1.165, 1.54) is 0 Å². The van der Waals surface area contributed by atoms with Crippen molar-refractivity contribution in [3.05, 3.63) is 59.6 Å². The molecule has 0 saturated heterocycles. The molecule has 3 aromatic carbocycles. The summed E-state index contributed by atoms with van der Waals surface area (Å²) in [5.74, 6) is 0.814. The smallest absolute Gasteiger partial charge is 0.227 e. The Balaban J connectivity index is 1.89. The first-order valence-electron chi connectivity index (χ1n) is 6.48. The van der Waals surface area contributed by atoms with Gasteiger partial charge in [-0.15, -0.1) is 0 Å². The number of hydrogen-bond acceptors (Lipinski definition) is 3. The average Bonchev–Trinajstić information content (AvgIpc) is 2.89. The SMILES string of the molecule is Oc1ccc2cc(-c3nc4cc(Cl)ccc4o3)ccc2c1. The van der Waals surface area contributed by atoms with Crippen molar-refractivity contribution >= 4 is 33.5 Å². The molecule has 0 saturated carbocycles. The van der Waals surface area contributed by atoms with E-state index in [-0.39, 0.29) is 5.75 Å². The number of phenolic OH excluding ortho intramolecular Hbond substituents is 1. The van der Waals surface area contributed by atoms with Crippen LogP contribution in [0.5, 0.6) is 5.75 Å². The summed E-state index contributed by atoms with van der Waals surface area (Å²) in [6.07, 6.45) is 0. The number of nitrogens with zero attached hydrogens (tertiary/aromatic N) is 1. The second kappa shape index (κ2) is 4.50. The minimum atomic E-state index is 0.256. The Bertz CT molecular complexity index is 975. The third-order valence-corrected chi connectivity index (χ3v) is 3.66. The number of aromatic hydroxyl groups is 1. The fraction of sp³-hybridized carbons (Fsp3) is 0. The topological polar surface area (TPSA) is 46.3 Å². The zero-order valence-electron chi connectivity index (χ0n) is 10.9. The van der Waals surface area contributed by atoms with E-state index < -0.39 is 0 Å². The van der Waals surface area contributed by atoms with Gasteiger partial charge in [0.2, 0.25) is 5.89 Å². The molecule has 0 atom stereocenters. The van der Waals surface area contributed by atoms with Crippen LogP contribution in [0, 0.1) is 0 Å². The lowest BCUT2D eigenvalue weighted by molar-refractivity contribution is 0.476. The van der Waals surface area contributed by atoms with E-state index in [4.69, 9.17) is 16.0 Å². The Morgan fingerprint density at radius 3 is 2.62 bits per heavy atom. The van der Waals surface area contributed by atoms with Gasteiger partial charge in [-0.25, -0.2) is 4.98 Å². The van der Waals surface area contributed by atoms with Gasteiger partial charge in [0.25, 0.3) is 0 Å². The molecule has 4 heteroatoms. The predicted octanol–water partition coefficient (Wildman–Crippen LogP) is 5.01. The first-order chi connectivity index (χ1) is 10.2. The molecule has 21 heavy (non-hydrogen) atoms. The molecule has 0 aliphatic rings. The van der Waals surface area contributed by atoms with Gasteiger partial charge in [-0.3, -0.25) is 0 Å². The highest BCUT2D eigenvalue weighted by Gasteiger charge is 2.09. The molecular formula is C17H10ClNO2. The van der Waals surface area contributed by atoms with Crippen LogP contribution in [0.2, 0.25) is 5.02 Å². The van der Waals surface area contributed by atoms with Crippen molar-refractivity contribution in [3.63, 3.8) is 0 Å². The maximum atomic E-state index is 9.49. The quantitative estimate of drug-likeness (QED) is 0.537. The van der Waals surface area contributed by atoms with E-state index in [1.54, 1.807) is 24.3 Å². The molecule has 1 heterocycles. The number of hydrogen-bond donors (Lipinski definition) is 1. The lowest BCUT2D eigenvalue weighted by Crippen LogP contribution is -1.79. The molecule has 1 N–H and O–H groups in total. The number of rotatable bonds is 1. The van der Waals surface area contributed by atoms with Gasteiger partial charge in [-0.1, -0.05) is 23.7 Å². The van der Waals surface area contributed by atoms with E-state index >= 15 is 0 Å². The van der Waals surface area contributed by atoms with E-state index in [0.717, 1.165) is 21.9 Å². The molecule has 0 fully saturated rings. The summed E-state index contributed by atoms with van der Waals surface area (Å²) in [6.45, 7) is 0. The second-order valence-electron chi connectivity index (χ2n) is 4.88. The number of aromatic nitrogens is 1. The van der Waals surface area contributed by atoms with E-state index in [0.29, 0.717) is 16.5 Å². The monoisotopic (exact) mass is 295 g/mol. The largest absolute Gasteiger partial charge is 0.508 e. The molecular weight excluding hydrogens is 286 g/mol. The maximum absolute atomic E-state index is 9.49. The van der Waals surface area contributed by atoms with Gasteiger partial charge in [-0.05, 0) is 53.2 Å². The summed E-state index contributed by atoms with van der Waals surface area (Å²) >= 11 is 5.96. The normalized spacial score (nSPS) is 11.3. The third-order valence-electron chi connectivity index (χ3n) is 3.42. The predicted molar refractivity (Wildman–Crippen MR) is 83.6 cm³/mol. The minimum absolute atomic E-state index is 0.256. The fourth-order valence-electron chi connectivity index (χ4n) is 2.39. The van der Waals surface area contributed by atoms with Crippen molar-refractivity contribution < 1.29 is 9.52 Å². The lowest BCUT2D eigenvalue weighted by atomic mass is 10.1. The zero-order valence-corrected chi connectivity index (χ0v) is 11.6. The molecule has 0 spiro atoms. The fourth-order valence-corrected chi connectivity index (χ4v) is 2.56. The summed E-state index contributed by atoms with van der Waals surface area (Å²) in [5.41, 5.74) is 2.34. The summed E-state index contributed by atoms with van der Waals surface area (Å²) in [7, 11) is 0. The van der Waals surface area contributed by atoms with E-state index in [9.17, 15) is 5.11 Å². The number of phenols is 1. The Morgan fingerprint density at radius 1 is 0.905 bits per heavy atom. The molecule has 0 unspecified atom stereocenters. The first-order valence-corrected chi connectivity index (χ1v) is 6.86. The van der Waals surface area contributed by atoms with Crippen molar-refractivity contribution in [1.29, 1.82) is 0 Å². The van der Waals surface area contributed by atoms with Gasteiger partial charge in [0.05, 0.1) is 0 Å². The van der Waals surface area contributed by atoms with Crippen LogP contribution in [0.4, 0.5) is 0 Å². The third kappa shape index (κ3) is 2.12. The van der Waals surface area contributed by atoms with Crippen LogP contribution in [0.15, 0.2) is 59.0 Å². The molecule has 3 nitrogen and oxygen atoms in total. The van der Waals surface area contributed by atoms with Crippen molar-refractivity contribution in [2.24, 2.45) is 0 Å². The molecule has 4 aromatic rings. The molecule has 102 valence electrons. The van der Waals surface area contributed by atoms with Gasteiger partial charge in [-0.2, -0.15) is 0 Å². The molecule has 1 aromatic heterocycles. The van der Waals surface area contributed by atoms with Gasteiger partial charge >= 0.3 is 0 Å². The summed E-state index contributed by atoms with van der Waals surface area (Å²) in [5, 5.41) is 12.1. The lowest BCUT2D eigenvalue weighted by Gasteiger charge is -2.01. The van der Waals surface area contributed by atoms with Crippen LogP contribution in [0.3, 0.4) is 0 Å². The van der Waals surface area contributed by atoms with Crippen LogP contribution >= 0.6 is 11.6 Å². The number of halogens is 1. The summed E-state index contributed by atoms with van der Waals surface area (Å²) < 4.78 is 5.76. The Labute approximate surface area is 125 Å². The standard InChI is InChI=1S/C17H10ClNO2/c18-13-4-6-16-15(9-13)19-17(21-16)12-2-1-11-8-14(20)5-3-10(11)7-12/h1-9,20H. The van der Waals surface area contributed by atoms with E-state index in [1.807, 2.05) is 30.3 Å². The summed E-state index contributed by atoms with van der Waals surface area (Å²) in [6, 6.07) is 16.5. The van der Waals surface area contributed by atoms with Crippen molar-refractivity contribution in [1.82, 2.24) is 4.98 Å². The van der Waals surface area contributed by atoms with Crippen molar-refractivity contribution in [2.75, 3.05) is 0 Å². The highest BCUT2D eigenvalue weighted by molar-refractivity contribution is 6.31. The number of oxazole rings is 1.